The van der Waals surface area contributed by atoms with Crippen LogP contribution in [0.15, 0.2) is 0 Å². The van der Waals surface area contributed by atoms with Crippen molar-refractivity contribution in [3.05, 3.63) is 0 Å². The first-order chi connectivity index (χ1) is 8.73. The fourth-order valence-corrected chi connectivity index (χ4v) is 4.46. The van der Waals surface area contributed by atoms with Crippen molar-refractivity contribution < 1.29 is 18.3 Å². The Kier molecular flexibility index (Phi) is 5.80. The molecular formula is C13H25NO4S. The molecule has 1 fully saturated rings. The zero-order valence-corrected chi connectivity index (χ0v) is 12.8. The first-order valence-corrected chi connectivity index (χ1v) is 8.85. The summed E-state index contributed by atoms with van der Waals surface area (Å²) in [6, 6.07) is 0.282. The van der Waals surface area contributed by atoms with Crippen molar-refractivity contribution in [1.29, 1.82) is 0 Å². The van der Waals surface area contributed by atoms with Crippen molar-refractivity contribution in [2.75, 3.05) is 12.8 Å². The number of aliphatic carboxylic acids is 1. The molecule has 6 heteroatoms. The van der Waals surface area contributed by atoms with Gasteiger partial charge in [0.05, 0.1) is 5.25 Å². The average Bonchev–Trinajstić information content (AvgIpc) is 2.71. The number of carboxylic acids is 1. The Balaban J connectivity index is 2.72. The van der Waals surface area contributed by atoms with Crippen LogP contribution in [-0.2, 0) is 14.6 Å². The van der Waals surface area contributed by atoms with Crippen LogP contribution in [0.4, 0.5) is 0 Å². The first-order valence-electron chi connectivity index (χ1n) is 6.90. The van der Waals surface area contributed by atoms with Gasteiger partial charge in [-0.3, -0.25) is 9.69 Å². The highest BCUT2D eigenvalue weighted by Gasteiger charge is 2.38. The summed E-state index contributed by atoms with van der Waals surface area (Å²) < 4.78 is 23.7. The number of hydrogen-bond acceptors (Lipinski definition) is 4. The normalized spacial score (nSPS) is 24.3. The van der Waals surface area contributed by atoms with E-state index in [9.17, 15) is 13.2 Å². The topological polar surface area (TPSA) is 74.7 Å². The molecule has 0 radical (unpaired) electrons. The zero-order valence-electron chi connectivity index (χ0n) is 12.0. The van der Waals surface area contributed by atoms with Gasteiger partial charge in [0.1, 0.15) is 0 Å². The van der Waals surface area contributed by atoms with Crippen LogP contribution in [0.1, 0.15) is 46.0 Å². The summed E-state index contributed by atoms with van der Waals surface area (Å²) in [5.74, 6) is -0.796. The summed E-state index contributed by atoms with van der Waals surface area (Å²) in [4.78, 5) is 12.7. The van der Waals surface area contributed by atoms with Gasteiger partial charge in [-0.25, -0.2) is 8.42 Å². The minimum absolute atomic E-state index is 0.0452. The third kappa shape index (κ3) is 4.76. The van der Waals surface area contributed by atoms with Crippen molar-refractivity contribution in [2.24, 2.45) is 0 Å². The second-order valence-corrected chi connectivity index (χ2v) is 7.96. The molecule has 0 bridgehead atoms. The summed E-state index contributed by atoms with van der Waals surface area (Å²) in [5.41, 5.74) is 0. The SMILES string of the molecule is CC(C)N(CCCC(=O)O)C1CCCC1S(C)(=O)=O. The Bertz CT molecular complexity index is 405. The summed E-state index contributed by atoms with van der Waals surface area (Å²) in [5, 5.41) is 8.41. The second kappa shape index (κ2) is 6.70. The Hall–Kier alpha value is -0.620. The Labute approximate surface area is 115 Å². The zero-order chi connectivity index (χ0) is 14.6. The van der Waals surface area contributed by atoms with E-state index in [0.717, 1.165) is 19.3 Å². The molecule has 1 rings (SSSR count). The molecule has 2 unspecified atom stereocenters. The number of hydrogen-bond donors (Lipinski definition) is 1. The van der Waals surface area contributed by atoms with Gasteiger partial charge in [-0.15, -0.1) is 0 Å². The molecule has 0 spiro atoms. The van der Waals surface area contributed by atoms with E-state index in [2.05, 4.69) is 4.90 Å². The van der Waals surface area contributed by atoms with Gasteiger partial charge in [0.25, 0.3) is 0 Å². The van der Waals surface area contributed by atoms with Gasteiger partial charge in [-0.2, -0.15) is 0 Å². The lowest BCUT2D eigenvalue weighted by Gasteiger charge is -2.35. The number of carboxylic acid groups (broad SMARTS) is 1. The molecule has 0 aliphatic heterocycles. The molecule has 0 aromatic carbocycles. The van der Waals surface area contributed by atoms with Crippen LogP contribution < -0.4 is 0 Å². The number of rotatable bonds is 7. The molecule has 1 saturated carbocycles. The van der Waals surface area contributed by atoms with E-state index in [1.807, 2.05) is 13.8 Å². The lowest BCUT2D eigenvalue weighted by molar-refractivity contribution is -0.137. The fourth-order valence-electron chi connectivity index (χ4n) is 3.01. The van der Waals surface area contributed by atoms with Crippen LogP contribution in [0, 0.1) is 0 Å². The van der Waals surface area contributed by atoms with Crippen molar-refractivity contribution in [3.8, 4) is 0 Å². The minimum atomic E-state index is -3.03. The van der Waals surface area contributed by atoms with Crippen molar-refractivity contribution in [1.82, 2.24) is 4.90 Å². The number of nitrogens with zero attached hydrogens (tertiary/aromatic N) is 1. The Morgan fingerprint density at radius 2 is 2.00 bits per heavy atom. The quantitative estimate of drug-likeness (QED) is 0.770. The van der Waals surface area contributed by atoms with Crippen LogP contribution in [0.25, 0.3) is 0 Å². The van der Waals surface area contributed by atoms with Gasteiger partial charge < -0.3 is 5.11 Å². The maximum absolute atomic E-state index is 11.8. The van der Waals surface area contributed by atoms with Gasteiger partial charge in [0.2, 0.25) is 0 Å². The molecular weight excluding hydrogens is 266 g/mol. The van der Waals surface area contributed by atoms with Gasteiger partial charge in [-0.05, 0) is 39.7 Å². The van der Waals surface area contributed by atoms with Crippen molar-refractivity contribution >= 4 is 15.8 Å². The minimum Gasteiger partial charge on any atom is -0.481 e. The molecule has 1 aliphatic carbocycles. The maximum atomic E-state index is 11.8. The van der Waals surface area contributed by atoms with Crippen LogP contribution in [-0.4, -0.2) is 54.5 Å². The monoisotopic (exact) mass is 291 g/mol. The molecule has 0 amide bonds. The average molecular weight is 291 g/mol. The molecule has 19 heavy (non-hydrogen) atoms. The van der Waals surface area contributed by atoms with E-state index in [1.165, 1.54) is 6.26 Å². The molecule has 5 nitrogen and oxygen atoms in total. The number of sulfone groups is 1. The Morgan fingerprint density at radius 3 is 2.47 bits per heavy atom. The van der Waals surface area contributed by atoms with Crippen LogP contribution >= 0.6 is 0 Å². The van der Waals surface area contributed by atoms with E-state index in [-0.39, 0.29) is 23.8 Å². The number of carbonyl (C=O) groups is 1. The summed E-state index contributed by atoms with van der Waals surface area (Å²) in [7, 11) is -3.03. The van der Waals surface area contributed by atoms with Gasteiger partial charge in [0, 0.05) is 24.8 Å². The smallest absolute Gasteiger partial charge is 0.303 e. The van der Waals surface area contributed by atoms with Crippen molar-refractivity contribution in [3.63, 3.8) is 0 Å². The molecule has 0 saturated heterocycles. The highest BCUT2D eigenvalue weighted by Crippen LogP contribution is 2.30. The van der Waals surface area contributed by atoms with Gasteiger partial charge in [0.15, 0.2) is 9.84 Å². The van der Waals surface area contributed by atoms with Crippen LogP contribution in [0.3, 0.4) is 0 Å². The van der Waals surface area contributed by atoms with Gasteiger partial charge in [-0.1, -0.05) is 6.42 Å². The highest BCUT2D eigenvalue weighted by molar-refractivity contribution is 7.91. The van der Waals surface area contributed by atoms with E-state index >= 15 is 0 Å². The third-order valence-electron chi connectivity index (χ3n) is 3.86. The molecule has 1 aliphatic rings. The molecule has 0 heterocycles. The van der Waals surface area contributed by atoms with Crippen molar-refractivity contribution in [2.45, 2.75) is 63.3 Å². The third-order valence-corrected chi connectivity index (χ3v) is 5.51. The molecule has 2 atom stereocenters. The van der Waals surface area contributed by atoms with E-state index in [4.69, 9.17) is 5.11 Å². The van der Waals surface area contributed by atoms with Crippen LogP contribution in [0.2, 0.25) is 0 Å². The second-order valence-electron chi connectivity index (χ2n) is 5.70. The van der Waals surface area contributed by atoms with E-state index in [0.29, 0.717) is 13.0 Å². The summed E-state index contributed by atoms with van der Waals surface area (Å²) in [6.45, 7) is 4.73. The predicted octanol–water partition coefficient (Wildman–Crippen LogP) is 1.53. The lowest BCUT2D eigenvalue weighted by Crippen LogP contribution is -2.47. The highest BCUT2D eigenvalue weighted by atomic mass is 32.2. The lowest BCUT2D eigenvalue weighted by atomic mass is 10.1. The largest absolute Gasteiger partial charge is 0.481 e. The van der Waals surface area contributed by atoms with Crippen LogP contribution in [0.5, 0.6) is 0 Å². The standard InChI is InChI=1S/C13H25NO4S/c1-10(2)14(9-5-8-13(15)16)11-6-4-7-12(11)19(3,17)18/h10-12H,4-9H2,1-3H3,(H,15,16). The molecule has 0 aromatic heterocycles. The first kappa shape index (κ1) is 16.4. The fraction of sp³-hybridized carbons (Fsp3) is 0.923. The van der Waals surface area contributed by atoms with E-state index in [1.54, 1.807) is 0 Å². The summed E-state index contributed by atoms with van der Waals surface area (Å²) in [6.07, 6.45) is 4.57. The molecule has 1 N–H and O–H groups in total. The van der Waals surface area contributed by atoms with Gasteiger partial charge >= 0.3 is 5.97 Å². The van der Waals surface area contributed by atoms with E-state index < -0.39 is 15.8 Å². The molecule has 112 valence electrons. The summed E-state index contributed by atoms with van der Waals surface area (Å²) >= 11 is 0. The maximum Gasteiger partial charge on any atom is 0.303 e. The predicted molar refractivity (Wildman–Crippen MR) is 75.0 cm³/mol. The Morgan fingerprint density at radius 1 is 1.37 bits per heavy atom. The molecule has 0 aromatic rings.